The first-order chi connectivity index (χ1) is 15.1. The van der Waals surface area contributed by atoms with Crippen molar-refractivity contribution in [3.05, 3.63) is 64.6 Å². The third-order valence-corrected chi connectivity index (χ3v) is 6.25. The number of para-hydroxylation sites is 1. The molecule has 0 aliphatic heterocycles. The number of carbonyl (C=O) groups excluding carboxylic acids is 2. The summed E-state index contributed by atoms with van der Waals surface area (Å²) >= 11 is 3.44. The molecule has 1 aliphatic carbocycles. The second kappa shape index (κ2) is 10.1. The van der Waals surface area contributed by atoms with Crippen molar-refractivity contribution >= 4 is 38.7 Å². The SMILES string of the molecule is O=C(COC(=O)c1cc(-c2ccc(Br)cc2)nc2ccccc12)NCC1CCCCC1. The number of nitrogens with zero attached hydrogens (tertiary/aromatic N) is 1. The number of halogens is 1. The number of hydrogen-bond acceptors (Lipinski definition) is 4. The van der Waals surface area contributed by atoms with E-state index in [0.717, 1.165) is 22.9 Å². The zero-order chi connectivity index (χ0) is 21.6. The van der Waals surface area contributed by atoms with Crippen molar-refractivity contribution in [2.75, 3.05) is 13.2 Å². The van der Waals surface area contributed by atoms with Gasteiger partial charge in [-0.15, -0.1) is 0 Å². The van der Waals surface area contributed by atoms with Crippen LogP contribution in [0.5, 0.6) is 0 Å². The number of ether oxygens (including phenoxy) is 1. The maximum absolute atomic E-state index is 12.9. The van der Waals surface area contributed by atoms with Crippen LogP contribution in [-0.2, 0) is 9.53 Å². The van der Waals surface area contributed by atoms with Crippen LogP contribution in [0.1, 0.15) is 42.5 Å². The molecule has 0 atom stereocenters. The van der Waals surface area contributed by atoms with Crippen LogP contribution in [0.3, 0.4) is 0 Å². The van der Waals surface area contributed by atoms with Gasteiger partial charge in [0, 0.05) is 22.0 Å². The van der Waals surface area contributed by atoms with Crippen LogP contribution in [-0.4, -0.2) is 30.0 Å². The van der Waals surface area contributed by atoms with Gasteiger partial charge in [-0.1, -0.05) is 65.5 Å². The Morgan fingerprint density at radius 1 is 1.03 bits per heavy atom. The Balaban J connectivity index is 1.47. The van der Waals surface area contributed by atoms with Crippen molar-refractivity contribution in [2.24, 2.45) is 5.92 Å². The summed E-state index contributed by atoms with van der Waals surface area (Å²) in [7, 11) is 0. The van der Waals surface area contributed by atoms with Gasteiger partial charge in [-0.2, -0.15) is 0 Å². The molecule has 1 aliphatic rings. The highest BCUT2D eigenvalue weighted by Crippen LogP contribution is 2.26. The molecular weight excluding hydrogens is 456 g/mol. The quantitative estimate of drug-likeness (QED) is 0.471. The van der Waals surface area contributed by atoms with E-state index < -0.39 is 5.97 Å². The predicted octanol–water partition coefficient (Wildman–Crippen LogP) is 5.52. The zero-order valence-electron chi connectivity index (χ0n) is 17.3. The summed E-state index contributed by atoms with van der Waals surface area (Å²) in [5.74, 6) is -0.249. The molecule has 1 amide bonds. The van der Waals surface area contributed by atoms with Gasteiger partial charge in [-0.3, -0.25) is 4.79 Å². The second-order valence-electron chi connectivity index (χ2n) is 7.96. The van der Waals surface area contributed by atoms with E-state index in [9.17, 15) is 9.59 Å². The summed E-state index contributed by atoms with van der Waals surface area (Å²) in [6, 6.07) is 16.9. The van der Waals surface area contributed by atoms with Crippen LogP contribution in [0.2, 0.25) is 0 Å². The van der Waals surface area contributed by atoms with E-state index in [-0.39, 0.29) is 12.5 Å². The van der Waals surface area contributed by atoms with Gasteiger partial charge in [0.1, 0.15) is 0 Å². The molecule has 2 aromatic carbocycles. The molecule has 0 radical (unpaired) electrons. The number of nitrogens with one attached hydrogen (secondary N) is 1. The fourth-order valence-electron chi connectivity index (χ4n) is 4.02. The third-order valence-electron chi connectivity index (χ3n) is 5.72. The smallest absolute Gasteiger partial charge is 0.339 e. The van der Waals surface area contributed by atoms with Crippen molar-refractivity contribution in [1.82, 2.24) is 10.3 Å². The van der Waals surface area contributed by atoms with Crippen LogP contribution < -0.4 is 5.32 Å². The van der Waals surface area contributed by atoms with Gasteiger partial charge < -0.3 is 10.1 Å². The van der Waals surface area contributed by atoms with Gasteiger partial charge in [0.25, 0.3) is 5.91 Å². The molecule has 31 heavy (non-hydrogen) atoms. The fourth-order valence-corrected chi connectivity index (χ4v) is 4.29. The number of aromatic nitrogens is 1. The molecule has 6 heteroatoms. The first-order valence-electron chi connectivity index (χ1n) is 10.7. The Labute approximate surface area is 190 Å². The van der Waals surface area contributed by atoms with Gasteiger partial charge in [-0.05, 0) is 43.0 Å². The molecule has 0 bridgehead atoms. The average Bonchev–Trinajstić information content (AvgIpc) is 2.81. The molecular formula is C25H25BrN2O3. The zero-order valence-corrected chi connectivity index (χ0v) is 18.9. The first-order valence-corrected chi connectivity index (χ1v) is 11.5. The monoisotopic (exact) mass is 480 g/mol. The van der Waals surface area contributed by atoms with Gasteiger partial charge in [-0.25, -0.2) is 9.78 Å². The van der Waals surface area contributed by atoms with Gasteiger partial charge in [0.05, 0.1) is 16.8 Å². The van der Waals surface area contributed by atoms with Crippen LogP contribution in [0, 0.1) is 5.92 Å². The summed E-state index contributed by atoms with van der Waals surface area (Å²) in [6.07, 6.45) is 6.05. The van der Waals surface area contributed by atoms with Gasteiger partial charge >= 0.3 is 5.97 Å². The van der Waals surface area contributed by atoms with Crippen molar-refractivity contribution in [3.8, 4) is 11.3 Å². The lowest BCUT2D eigenvalue weighted by atomic mass is 9.89. The number of benzene rings is 2. The predicted molar refractivity (Wildman–Crippen MR) is 125 cm³/mol. The normalized spacial score (nSPS) is 14.4. The van der Waals surface area contributed by atoms with E-state index in [2.05, 4.69) is 21.2 Å². The fraction of sp³-hybridized carbons (Fsp3) is 0.320. The highest BCUT2D eigenvalue weighted by molar-refractivity contribution is 9.10. The van der Waals surface area contributed by atoms with Crippen LogP contribution >= 0.6 is 15.9 Å². The molecule has 1 heterocycles. The minimum atomic E-state index is -0.523. The highest BCUT2D eigenvalue weighted by atomic mass is 79.9. The third kappa shape index (κ3) is 5.50. The summed E-state index contributed by atoms with van der Waals surface area (Å²) < 4.78 is 6.33. The minimum absolute atomic E-state index is 0.259. The first kappa shape index (κ1) is 21.5. The molecule has 1 fully saturated rings. The Hall–Kier alpha value is -2.73. The molecule has 1 aromatic heterocycles. The lowest BCUT2D eigenvalue weighted by Crippen LogP contribution is -2.33. The lowest BCUT2D eigenvalue weighted by Gasteiger charge is -2.21. The topological polar surface area (TPSA) is 68.3 Å². The van der Waals surface area contributed by atoms with Crippen molar-refractivity contribution < 1.29 is 14.3 Å². The molecule has 160 valence electrons. The number of pyridine rings is 1. The molecule has 1 saturated carbocycles. The summed E-state index contributed by atoms with van der Waals surface area (Å²) in [6.45, 7) is 0.373. The second-order valence-corrected chi connectivity index (χ2v) is 8.88. The summed E-state index contributed by atoms with van der Waals surface area (Å²) in [5, 5.41) is 3.61. The Morgan fingerprint density at radius 3 is 2.55 bits per heavy atom. The number of carbonyl (C=O) groups is 2. The average molecular weight is 481 g/mol. The van der Waals surface area contributed by atoms with E-state index >= 15 is 0 Å². The van der Waals surface area contributed by atoms with E-state index in [1.54, 1.807) is 6.07 Å². The van der Waals surface area contributed by atoms with E-state index in [1.807, 2.05) is 48.5 Å². The highest BCUT2D eigenvalue weighted by Gasteiger charge is 2.18. The van der Waals surface area contributed by atoms with E-state index in [1.165, 1.54) is 19.3 Å². The Kier molecular flexibility index (Phi) is 6.97. The van der Waals surface area contributed by atoms with Crippen molar-refractivity contribution in [3.63, 3.8) is 0 Å². The Morgan fingerprint density at radius 2 is 1.77 bits per heavy atom. The summed E-state index contributed by atoms with van der Waals surface area (Å²) in [4.78, 5) is 29.8. The standard InChI is InChI=1S/C25H25BrN2O3/c26-19-12-10-18(11-13-19)23-14-21(20-8-4-5-9-22(20)28-23)25(30)31-16-24(29)27-15-17-6-2-1-3-7-17/h4-5,8-14,17H,1-3,6-7,15-16H2,(H,27,29). The Bertz CT molecular complexity index is 1080. The van der Waals surface area contributed by atoms with Crippen LogP contribution in [0.4, 0.5) is 0 Å². The maximum Gasteiger partial charge on any atom is 0.339 e. The largest absolute Gasteiger partial charge is 0.452 e. The molecule has 0 unspecified atom stereocenters. The lowest BCUT2D eigenvalue weighted by molar-refractivity contribution is -0.124. The molecule has 3 aromatic rings. The summed E-state index contributed by atoms with van der Waals surface area (Å²) in [5.41, 5.74) is 2.69. The van der Waals surface area contributed by atoms with E-state index in [4.69, 9.17) is 9.72 Å². The number of hydrogen-bond donors (Lipinski definition) is 1. The molecule has 0 spiro atoms. The molecule has 4 rings (SSSR count). The number of rotatable bonds is 6. The maximum atomic E-state index is 12.9. The van der Waals surface area contributed by atoms with Crippen molar-refractivity contribution in [1.29, 1.82) is 0 Å². The van der Waals surface area contributed by atoms with Crippen LogP contribution in [0.15, 0.2) is 59.1 Å². The number of amides is 1. The van der Waals surface area contributed by atoms with E-state index in [0.29, 0.717) is 34.6 Å². The van der Waals surface area contributed by atoms with Crippen molar-refractivity contribution in [2.45, 2.75) is 32.1 Å². The molecule has 5 nitrogen and oxygen atoms in total. The minimum Gasteiger partial charge on any atom is -0.452 e. The number of fused-ring (bicyclic) bond motifs is 1. The molecule has 1 N–H and O–H groups in total. The van der Waals surface area contributed by atoms with Gasteiger partial charge in [0.2, 0.25) is 0 Å². The molecule has 0 saturated heterocycles. The number of esters is 1. The van der Waals surface area contributed by atoms with Crippen LogP contribution in [0.25, 0.3) is 22.2 Å². The van der Waals surface area contributed by atoms with Gasteiger partial charge in [0.15, 0.2) is 6.61 Å².